The van der Waals surface area contributed by atoms with Crippen molar-refractivity contribution < 1.29 is 296 Å². The molecule has 12 fully saturated rings. The lowest BCUT2D eigenvalue weighted by Gasteiger charge is -2.52. The van der Waals surface area contributed by atoms with Crippen molar-refractivity contribution in [2.75, 3.05) is 72.7 Å². The fourth-order valence-corrected chi connectivity index (χ4v) is 19.2. The number of hydrogen-bond acceptors (Lipinski definition) is 60. The SMILES string of the molecule is CC(=O)N[C@H]1[C@H](O[C@H]2[C@H](O)[C@@H](NC(C)=O)C(O)O[C@@H]2CO[C@@H]2O[C@@H](C)[C@@H](O)[C@@H](O)[C@@H]2O)O[C@H](CO)[C@@H](O[C@@H]2O[C@H](CO[C@H]3O[C@H](CO)[C@@H](O)[C@H](O)[C@@H]3O[C@@H]3O[C@H](CO)[C@@H](O[C@@H]4O[C@H](CO)[C@H](O)[C@H](O)[C@H]4O)[C@H](O)[C@H]3NC(C)=O)[C@@H](O)[C@H](O[C@H]3O[C@H](CO)[C@@H](O[C@@H]4O[C@H](CO)[C@@H](O[C@@H]5O[C@H](CO)[C@H](O)[C@H](O)[C@H]5O)[C@H](O)[C@H]4NC(C)=O)[C@H](O)[C@@H]3O[C@@H]3O[C@H](CO)[C@@H](O[C@@H]4O[C@H](CO)[C@H](O)[C@H](O)[C@H]4O)[C@H](O)[C@H]3NC(C)=O)[C@@H]2O)[C@@H]1O. The Kier molecular flexibility index (Phi) is 43.4. The van der Waals surface area contributed by atoms with E-state index in [1.807, 2.05) is 0 Å². The van der Waals surface area contributed by atoms with E-state index in [0.29, 0.717) is 0 Å². The minimum Gasteiger partial charge on any atom is -0.394 e. The van der Waals surface area contributed by atoms with Crippen LogP contribution in [-0.2, 0) is 133 Å². The number of aliphatic hydroxyl groups excluding tert-OH is 32. The molecule has 12 aliphatic rings. The number of nitrogens with one attached hydrogen (secondary N) is 5. The van der Waals surface area contributed by atoms with Crippen molar-refractivity contribution >= 4 is 29.5 Å². The van der Waals surface area contributed by atoms with Gasteiger partial charge in [-0.05, 0) is 6.92 Å². The average Bonchev–Trinajstić information content (AvgIpc) is 0.754. The van der Waals surface area contributed by atoms with Crippen LogP contribution in [0.25, 0.3) is 0 Å². The zero-order valence-corrected chi connectivity index (χ0v) is 79.2. The normalized spacial score (nSPS) is 49.6. The zero-order valence-electron chi connectivity index (χ0n) is 79.2. The van der Waals surface area contributed by atoms with E-state index >= 15 is 0 Å². The van der Waals surface area contributed by atoms with Crippen molar-refractivity contribution in [1.29, 1.82) is 0 Å². The molecule has 12 aliphatic heterocycles. The topological polar surface area (TPSA) is 1010 Å². The highest BCUT2D eigenvalue weighted by Gasteiger charge is 2.64. The Morgan fingerprint density at radius 3 is 0.762 bits per heavy atom. The van der Waals surface area contributed by atoms with E-state index in [1.165, 1.54) is 6.92 Å². The molecule has 65 heteroatoms. The molecule has 147 heavy (non-hydrogen) atoms. The number of hydrogen-bond donors (Lipinski definition) is 37. The minimum absolute atomic E-state index is 0.856. The Labute approximate surface area is 832 Å². The van der Waals surface area contributed by atoms with Crippen LogP contribution in [0, 0.1) is 0 Å². The summed E-state index contributed by atoms with van der Waals surface area (Å²) in [6.45, 7) is -7.27. The van der Waals surface area contributed by atoms with Gasteiger partial charge in [-0.2, -0.15) is 0 Å². The first-order valence-corrected chi connectivity index (χ1v) is 47.0. The maximum atomic E-state index is 13.5. The molecular formula is C82H137N5O60. The summed E-state index contributed by atoms with van der Waals surface area (Å²) in [5.74, 6) is -5.06. The fourth-order valence-electron chi connectivity index (χ4n) is 19.2. The quantitative estimate of drug-likeness (QED) is 0.0273. The Hall–Kier alpha value is -4.85. The largest absolute Gasteiger partial charge is 0.394 e. The molecule has 850 valence electrons. The van der Waals surface area contributed by atoms with Crippen molar-refractivity contribution in [3.05, 3.63) is 0 Å². The maximum Gasteiger partial charge on any atom is 0.217 e. The fraction of sp³-hybridized carbons (Fsp3) is 0.939. The molecule has 0 radical (unpaired) electrons. The van der Waals surface area contributed by atoms with Crippen molar-refractivity contribution in [3.63, 3.8) is 0 Å². The molecule has 65 nitrogen and oxygen atoms in total. The van der Waals surface area contributed by atoms with Gasteiger partial charge in [0.1, 0.15) is 287 Å². The third-order valence-corrected chi connectivity index (χ3v) is 27.0. The molecule has 1 unspecified atom stereocenters. The molecule has 0 aliphatic carbocycles. The summed E-state index contributed by atoms with van der Waals surface area (Å²) < 4.78 is 139. The Morgan fingerprint density at radius 2 is 0.422 bits per heavy atom. The third-order valence-electron chi connectivity index (χ3n) is 27.0. The van der Waals surface area contributed by atoms with Gasteiger partial charge in [0.15, 0.2) is 75.5 Å². The van der Waals surface area contributed by atoms with E-state index in [1.54, 1.807) is 0 Å². The molecular weight excluding hydrogens is 2010 g/mol. The van der Waals surface area contributed by atoms with Crippen LogP contribution in [0.4, 0.5) is 0 Å². The molecule has 12 rings (SSSR count). The van der Waals surface area contributed by atoms with Gasteiger partial charge in [-0.15, -0.1) is 0 Å². The first kappa shape index (κ1) is 121. The number of aliphatic hydroxyl groups is 32. The molecule has 0 aromatic rings. The molecule has 0 aromatic carbocycles. The van der Waals surface area contributed by atoms with E-state index in [2.05, 4.69) is 26.6 Å². The lowest BCUT2D eigenvalue weighted by atomic mass is 9.93. The van der Waals surface area contributed by atoms with E-state index in [0.717, 1.165) is 34.6 Å². The Morgan fingerprint density at radius 1 is 0.190 bits per heavy atom. The van der Waals surface area contributed by atoms with Crippen molar-refractivity contribution in [2.24, 2.45) is 0 Å². The molecule has 0 bridgehead atoms. The van der Waals surface area contributed by atoms with Crippen LogP contribution in [0.15, 0.2) is 0 Å². The predicted molar refractivity (Wildman–Crippen MR) is 452 cm³/mol. The first-order chi connectivity index (χ1) is 69.5. The molecule has 12 heterocycles. The predicted octanol–water partition coefficient (Wildman–Crippen LogP) is -25.4. The van der Waals surface area contributed by atoms with Crippen LogP contribution >= 0.6 is 0 Å². The van der Waals surface area contributed by atoms with Gasteiger partial charge >= 0.3 is 0 Å². The summed E-state index contributed by atoms with van der Waals surface area (Å²) in [6.07, 6.45) is -119. The van der Waals surface area contributed by atoms with Crippen LogP contribution < -0.4 is 26.6 Å². The molecule has 60 atom stereocenters. The van der Waals surface area contributed by atoms with Gasteiger partial charge in [0, 0.05) is 34.6 Å². The van der Waals surface area contributed by atoms with E-state index < -0.39 is 470 Å². The van der Waals surface area contributed by atoms with E-state index in [4.69, 9.17) is 109 Å². The van der Waals surface area contributed by atoms with Gasteiger partial charge in [-0.25, -0.2) is 0 Å². The second-order valence-corrected chi connectivity index (χ2v) is 37.3. The minimum atomic E-state index is -2.81. The third kappa shape index (κ3) is 26.8. The van der Waals surface area contributed by atoms with Gasteiger partial charge in [-0.3, -0.25) is 24.0 Å². The van der Waals surface area contributed by atoms with Crippen LogP contribution in [0.2, 0.25) is 0 Å². The van der Waals surface area contributed by atoms with Crippen molar-refractivity contribution in [3.8, 4) is 0 Å². The van der Waals surface area contributed by atoms with Crippen molar-refractivity contribution in [2.45, 2.75) is 410 Å². The zero-order chi connectivity index (χ0) is 108. The van der Waals surface area contributed by atoms with Gasteiger partial charge in [0.05, 0.1) is 78.8 Å². The smallest absolute Gasteiger partial charge is 0.217 e. The van der Waals surface area contributed by atoms with Gasteiger partial charge in [0.25, 0.3) is 0 Å². The molecule has 0 saturated carbocycles. The molecule has 37 N–H and O–H groups in total. The molecule has 0 spiro atoms. The van der Waals surface area contributed by atoms with Gasteiger partial charge in [-0.1, -0.05) is 0 Å². The summed E-state index contributed by atoms with van der Waals surface area (Å²) in [5, 5.41) is 374. The second-order valence-electron chi connectivity index (χ2n) is 37.3. The number of carbonyl (C=O) groups is 5. The highest BCUT2D eigenvalue weighted by Crippen LogP contribution is 2.43. The summed E-state index contributed by atoms with van der Waals surface area (Å²) in [4.78, 5) is 66.0. The molecule has 12 saturated heterocycles. The highest BCUT2D eigenvalue weighted by atomic mass is 16.8. The molecule has 5 amide bonds. The van der Waals surface area contributed by atoms with Crippen LogP contribution in [0.5, 0.6) is 0 Å². The Balaban J connectivity index is 0.929. The number of carbonyl (C=O) groups excluding carboxylic acids is 5. The second kappa shape index (κ2) is 52.8. The molecule has 0 aromatic heterocycles. The summed E-state index contributed by atoms with van der Waals surface area (Å²) in [5.41, 5.74) is 0. The lowest BCUT2D eigenvalue weighted by molar-refractivity contribution is -0.407. The van der Waals surface area contributed by atoms with E-state index in [-0.39, 0.29) is 0 Å². The Bertz CT molecular complexity index is 4110. The number of ether oxygens (including phenoxy) is 23. The summed E-state index contributed by atoms with van der Waals surface area (Å²) in [6, 6.07) is -10.2. The number of amides is 5. The van der Waals surface area contributed by atoms with Crippen LogP contribution in [-0.4, -0.2) is 634 Å². The maximum absolute atomic E-state index is 13.5. The number of rotatable bonds is 38. The van der Waals surface area contributed by atoms with Gasteiger partial charge in [0.2, 0.25) is 29.5 Å². The summed E-state index contributed by atoms with van der Waals surface area (Å²) in [7, 11) is 0. The van der Waals surface area contributed by atoms with E-state index in [9.17, 15) is 187 Å². The first-order valence-electron chi connectivity index (χ1n) is 47.0. The summed E-state index contributed by atoms with van der Waals surface area (Å²) >= 11 is 0. The van der Waals surface area contributed by atoms with Gasteiger partial charge < -0.3 is 299 Å². The lowest BCUT2D eigenvalue weighted by Crippen LogP contribution is -2.71. The average molecular weight is 2150 g/mol. The van der Waals surface area contributed by atoms with Crippen molar-refractivity contribution in [1.82, 2.24) is 26.6 Å². The standard InChI is InChI=1S/C82H137N5O60/c1-18-40(102)51(113)56(118)76(127-18)125-17-34-67(46(108)35(71(124)128-34)83-19(2)97)140-73-37(85-21(4)99)48(110)65(31(14-95)134-73)144-80-61(123)68(45(107)33(138-80)16-126-81-69(55(117)44(106)27(10-91)132-81)146-74-38(86-22(5)100)49(111)63(29(12-93)135-74)142-78-58(120)53(115)42(104)25(8-89)130-78)145-82-70(147-75-39(87-23(6)101)50(112)64(30(13-94)136-75)143-79-59(121)54(116)43(105)26(9-90)131-79)60(122)66(32(15-96)137-82)139-72-36(84-20(3)98)47(109)62(28(11-92)133-72)141-77-57(119)52(114)41(103)24(7-88)129-77/h18,24-82,88-96,102-124H,7-17H2,1-6H3,(H,83,97)(H,84,98)(H,85,99)(H,86,100)(H,87,101)/t18-,24+,25+,26+,27+,28+,29+,30+,31+,32+,33+,34+,35+,36+,37+,38+,39+,40+,41-,42-,43-,44+,45+,46+,47+,48+,49+,50+,51+,52-,53-,54-,55-,56-,57+,58+,59+,60-,61-,62+,63+,64+,65+,66+,67+,68-,69-,70-,71?,72-,73-,74-,75-,76+,77-,78-,79-,80-,81-,82+/m0/s1. The monoisotopic (exact) mass is 2150 g/mol. The highest BCUT2D eigenvalue weighted by molar-refractivity contribution is 5.75. The van der Waals surface area contributed by atoms with Crippen LogP contribution in [0.3, 0.4) is 0 Å². The van der Waals surface area contributed by atoms with Crippen LogP contribution in [0.1, 0.15) is 41.5 Å².